The molecule has 0 aromatic heterocycles. The SMILES string of the molecule is CC(C)OC[C@@H](C)CN1CCCC1. The van der Waals surface area contributed by atoms with Crippen molar-refractivity contribution in [3.63, 3.8) is 0 Å². The molecule has 13 heavy (non-hydrogen) atoms. The molecule has 78 valence electrons. The molecule has 0 aliphatic carbocycles. The maximum absolute atomic E-state index is 5.59. The first-order valence-corrected chi connectivity index (χ1v) is 5.52. The minimum Gasteiger partial charge on any atom is -0.378 e. The van der Waals surface area contributed by atoms with Crippen molar-refractivity contribution in [1.29, 1.82) is 0 Å². The van der Waals surface area contributed by atoms with Crippen molar-refractivity contribution in [1.82, 2.24) is 4.90 Å². The van der Waals surface area contributed by atoms with E-state index in [2.05, 4.69) is 25.7 Å². The van der Waals surface area contributed by atoms with Crippen molar-refractivity contribution >= 4 is 0 Å². The Labute approximate surface area is 82.3 Å². The highest BCUT2D eigenvalue weighted by atomic mass is 16.5. The summed E-state index contributed by atoms with van der Waals surface area (Å²) in [6, 6.07) is 0. The second-order valence-electron chi connectivity index (χ2n) is 4.49. The lowest BCUT2D eigenvalue weighted by molar-refractivity contribution is 0.0471. The molecule has 1 aliphatic rings. The summed E-state index contributed by atoms with van der Waals surface area (Å²) in [5.74, 6) is 0.681. The molecule has 0 amide bonds. The fourth-order valence-corrected chi connectivity index (χ4v) is 1.82. The van der Waals surface area contributed by atoms with E-state index >= 15 is 0 Å². The fraction of sp³-hybridized carbons (Fsp3) is 1.00. The van der Waals surface area contributed by atoms with Gasteiger partial charge in [-0.3, -0.25) is 0 Å². The Morgan fingerprint density at radius 2 is 1.77 bits per heavy atom. The minimum absolute atomic E-state index is 0.376. The zero-order valence-corrected chi connectivity index (χ0v) is 9.25. The van der Waals surface area contributed by atoms with Gasteiger partial charge in [0.25, 0.3) is 0 Å². The number of ether oxygens (including phenoxy) is 1. The molecule has 1 heterocycles. The van der Waals surface area contributed by atoms with Gasteiger partial charge in [-0.05, 0) is 45.7 Å². The van der Waals surface area contributed by atoms with Crippen LogP contribution in [0.2, 0.25) is 0 Å². The third kappa shape index (κ3) is 4.63. The molecule has 0 saturated carbocycles. The minimum atomic E-state index is 0.376. The lowest BCUT2D eigenvalue weighted by atomic mass is 10.2. The largest absolute Gasteiger partial charge is 0.378 e. The first-order valence-electron chi connectivity index (χ1n) is 5.52. The number of hydrogen-bond acceptors (Lipinski definition) is 2. The highest BCUT2D eigenvalue weighted by Gasteiger charge is 2.14. The molecule has 0 aromatic rings. The van der Waals surface area contributed by atoms with E-state index in [-0.39, 0.29) is 0 Å². The van der Waals surface area contributed by atoms with E-state index in [1.54, 1.807) is 0 Å². The molecule has 0 radical (unpaired) electrons. The summed E-state index contributed by atoms with van der Waals surface area (Å²) in [6.45, 7) is 11.2. The maximum atomic E-state index is 5.59. The van der Waals surface area contributed by atoms with Crippen LogP contribution in [0.1, 0.15) is 33.6 Å². The predicted octanol–water partition coefficient (Wildman–Crippen LogP) is 2.14. The van der Waals surface area contributed by atoms with E-state index in [0.29, 0.717) is 12.0 Å². The molecule has 1 fully saturated rings. The first kappa shape index (κ1) is 11.0. The summed E-state index contributed by atoms with van der Waals surface area (Å²) in [4.78, 5) is 2.55. The summed E-state index contributed by atoms with van der Waals surface area (Å²) in [5, 5.41) is 0. The molecule has 1 aliphatic heterocycles. The summed E-state index contributed by atoms with van der Waals surface area (Å²) in [6.07, 6.45) is 3.15. The van der Waals surface area contributed by atoms with Crippen LogP contribution in [0, 0.1) is 5.92 Å². The van der Waals surface area contributed by atoms with Crippen molar-refractivity contribution in [3.05, 3.63) is 0 Å². The zero-order chi connectivity index (χ0) is 9.68. The Morgan fingerprint density at radius 3 is 2.31 bits per heavy atom. The summed E-state index contributed by atoms with van der Waals surface area (Å²) >= 11 is 0. The number of nitrogens with zero attached hydrogens (tertiary/aromatic N) is 1. The molecule has 0 aromatic carbocycles. The highest BCUT2D eigenvalue weighted by Crippen LogP contribution is 2.10. The second kappa shape index (κ2) is 5.61. The van der Waals surface area contributed by atoms with Gasteiger partial charge in [-0.25, -0.2) is 0 Å². The van der Waals surface area contributed by atoms with Gasteiger partial charge in [-0.2, -0.15) is 0 Å². The van der Waals surface area contributed by atoms with E-state index < -0.39 is 0 Å². The van der Waals surface area contributed by atoms with Crippen molar-refractivity contribution < 1.29 is 4.74 Å². The molecule has 0 N–H and O–H groups in total. The number of likely N-dealkylation sites (tertiary alicyclic amines) is 1. The summed E-state index contributed by atoms with van der Waals surface area (Å²) < 4.78 is 5.59. The molecule has 1 saturated heterocycles. The molecule has 1 atom stereocenters. The Bertz CT molecular complexity index is 130. The van der Waals surface area contributed by atoms with Crippen LogP contribution in [0.25, 0.3) is 0 Å². The normalized spacial score (nSPS) is 21.2. The van der Waals surface area contributed by atoms with Crippen LogP contribution < -0.4 is 0 Å². The molecule has 2 nitrogen and oxygen atoms in total. The van der Waals surface area contributed by atoms with E-state index in [1.165, 1.54) is 32.5 Å². The van der Waals surface area contributed by atoms with E-state index in [9.17, 15) is 0 Å². The monoisotopic (exact) mass is 185 g/mol. The van der Waals surface area contributed by atoms with Gasteiger partial charge in [-0.15, -0.1) is 0 Å². The van der Waals surface area contributed by atoms with E-state index in [0.717, 1.165) is 6.61 Å². The quantitative estimate of drug-likeness (QED) is 0.650. The lowest BCUT2D eigenvalue weighted by Gasteiger charge is -2.20. The van der Waals surface area contributed by atoms with Crippen LogP contribution in [0.4, 0.5) is 0 Å². The Balaban J connectivity index is 2.05. The fourth-order valence-electron chi connectivity index (χ4n) is 1.82. The lowest BCUT2D eigenvalue weighted by Crippen LogP contribution is -2.28. The Morgan fingerprint density at radius 1 is 1.15 bits per heavy atom. The predicted molar refractivity (Wildman–Crippen MR) is 55.9 cm³/mol. The van der Waals surface area contributed by atoms with Gasteiger partial charge in [-0.1, -0.05) is 6.92 Å². The van der Waals surface area contributed by atoms with Crippen molar-refractivity contribution in [2.75, 3.05) is 26.2 Å². The number of hydrogen-bond donors (Lipinski definition) is 0. The third-order valence-electron chi connectivity index (χ3n) is 2.48. The highest BCUT2D eigenvalue weighted by molar-refractivity contribution is 4.68. The maximum Gasteiger partial charge on any atom is 0.0519 e. The van der Waals surface area contributed by atoms with Crippen LogP contribution >= 0.6 is 0 Å². The molecule has 1 rings (SSSR count). The van der Waals surface area contributed by atoms with Crippen LogP contribution in [0.3, 0.4) is 0 Å². The van der Waals surface area contributed by atoms with Gasteiger partial charge in [0.1, 0.15) is 0 Å². The summed E-state index contributed by atoms with van der Waals surface area (Å²) in [5.41, 5.74) is 0. The van der Waals surface area contributed by atoms with E-state index in [1.807, 2.05) is 0 Å². The standard InChI is InChI=1S/C11H23NO/c1-10(2)13-9-11(3)8-12-6-4-5-7-12/h10-11H,4-9H2,1-3H3/t11-/m0/s1. The smallest absolute Gasteiger partial charge is 0.0519 e. The first-order chi connectivity index (χ1) is 6.18. The van der Waals surface area contributed by atoms with Gasteiger partial charge in [0.15, 0.2) is 0 Å². The van der Waals surface area contributed by atoms with Gasteiger partial charge in [0.2, 0.25) is 0 Å². The van der Waals surface area contributed by atoms with Gasteiger partial charge in [0, 0.05) is 6.54 Å². The average molecular weight is 185 g/mol. The number of rotatable bonds is 5. The second-order valence-corrected chi connectivity index (χ2v) is 4.49. The van der Waals surface area contributed by atoms with Crippen molar-refractivity contribution in [2.24, 2.45) is 5.92 Å². The van der Waals surface area contributed by atoms with Crippen molar-refractivity contribution in [2.45, 2.75) is 39.7 Å². The van der Waals surface area contributed by atoms with Gasteiger partial charge in [0.05, 0.1) is 12.7 Å². The Kier molecular flexibility index (Phi) is 4.74. The molecular weight excluding hydrogens is 162 g/mol. The molecule has 0 bridgehead atoms. The van der Waals surface area contributed by atoms with Crippen LogP contribution in [-0.4, -0.2) is 37.2 Å². The Hall–Kier alpha value is -0.0800. The van der Waals surface area contributed by atoms with Gasteiger partial charge < -0.3 is 9.64 Å². The molecule has 0 spiro atoms. The molecule has 0 unspecified atom stereocenters. The zero-order valence-electron chi connectivity index (χ0n) is 9.25. The van der Waals surface area contributed by atoms with Crippen LogP contribution in [0.5, 0.6) is 0 Å². The van der Waals surface area contributed by atoms with Gasteiger partial charge >= 0.3 is 0 Å². The average Bonchev–Trinajstić information content (AvgIpc) is 2.53. The van der Waals surface area contributed by atoms with Crippen LogP contribution in [-0.2, 0) is 4.74 Å². The third-order valence-corrected chi connectivity index (χ3v) is 2.48. The molecular formula is C11H23NO. The summed E-state index contributed by atoms with van der Waals surface area (Å²) in [7, 11) is 0. The van der Waals surface area contributed by atoms with E-state index in [4.69, 9.17) is 4.74 Å². The molecule has 2 heteroatoms. The van der Waals surface area contributed by atoms with Crippen molar-refractivity contribution in [3.8, 4) is 0 Å². The van der Waals surface area contributed by atoms with Crippen LogP contribution in [0.15, 0.2) is 0 Å². The topological polar surface area (TPSA) is 12.5 Å².